The average molecular weight is 868 g/mol. The van der Waals surface area contributed by atoms with Crippen molar-refractivity contribution >= 4 is 88.4 Å². The van der Waals surface area contributed by atoms with Gasteiger partial charge in [0.05, 0.1) is 51.4 Å². The quantitative estimate of drug-likeness (QED) is 0.142. The molecule has 2 unspecified atom stereocenters. The summed E-state index contributed by atoms with van der Waals surface area (Å²) in [6.45, 7) is 13.8. The molecule has 2 aromatic carbocycles. The number of aryl methyl sites for hydroxylation is 2. The van der Waals surface area contributed by atoms with Gasteiger partial charge in [0.15, 0.2) is 5.65 Å². The van der Waals surface area contributed by atoms with Gasteiger partial charge in [-0.2, -0.15) is 5.10 Å². The maximum atomic E-state index is 12.1. The van der Waals surface area contributed by atoms with Crippen molar-refractivity contribution in [3.05, 3.63) is 91.7 Å². The number of nitrogens with zero attached hydrogens (tertiary/aromatic N) is 9. The predicted octanol–water partition coefficient (Wildman–Crippen LogP) is 7.74. The highest BCUT2D eigenvalue weighted by Crippen LogP contribution is 2.45. The number of carbonyl (C=O) groups excluding carboxylic acids is 2. The van der Waals surface area contributed by atoms with Gasteiger partial charge in [0.2, 0.25) is 11.8 Å². The summed E-state index contributed by atoms with van der Waals surface area (Å²) in [6.07, 6.45) is 9.42. The van der Waals surface area contributed by atoms with Gasteiger partial charge in [0, 0.05) is 42.8 Å². The van der Waals surface area contributed by atoms with Crippen molar-refractivity contribution in [2.45, 2.75) is 38.8 Å². The second-order valence-electron chi connectivity index (χ2n) is 15.5. The van der Waals surface area contributed by atoms with Crippen molar-refractivity contribution in [3.63, 3.8) is 0 Å². The zero-order valence-electron chi connectivity index (χ0n) is 34.8. The number of ether oxygens (including phenoxy) is 2. The first-order chi connectivity index (χ1) is 30.0. The number of methoxy groups -OCH3 is 2. The summed E-state index contributed by atoms with van der Waals surface area (Å²) in [6, 6.07) is 12.8. The van der Waals surface area contributed by atoms with Crippen molar-refractivity contribution in [2.75, 3.05) is 51.9 Å². The summed E-state index contributed by atoms with van der Waals surface area (Å²) in [5.41, 5.74) is 18.1. The molecule has 2 amide bonds. The molecule has 6 aromatic heterocycles. The van der Waals surface area contributed by atoms with E-state index in [1.165, 1.54) is 24.8 Å². The van der Waals surface area contributed by atoms with Gasteiger partial charge in [0.1, 0.15) is 47.1 Å². The molecule has 17 heteroatoms. The van der Waals surface area contributed by atoms with E-state index in [9.17, 15) is 9.59 Å². The molecule has 8 heterocycles. The number of likely N-dealkylation sites (tertiary alicyclic amines) is 2. The van der Waals surface area contributed by atoms with Crippen LogP contribution in [0.4, 0.5) is 11.6 Å². The van der Waals surface area contributed by atoms with Crippen LogP contribution in [0.25, 0.3) is 63.3 Å². The normalized spacial score (nSPS) is 16.3. The van der Waals surface area contributed by atoms with Crippen molar-refractivity contribution < 1.29 is 19.1 Å². The highest BCUT2D eigenvalue weighted by molar-refractivity contribution is 7.23. The maximum absolute atomic E-state index is 12.1. The first-order valence-electron chi connectivity index (χ1n) is 20.1. The molecule has 2 fully saturated rings. The van der Waals surface area contributed by atoms with Gasteiger partial charge in [-0.15, -0.1) is 22.7 Å². The van der Waals surface area contributed by atoms with Crippen LogP contribution in [-0.2, 0) is 9.59 Å². The van der Waals surface area contributed by atoms with Gasteiger partial charge in [-0.1, -0.05) is 25.3 Å². The van der Waals surface area contributed by atoms with Crippen LogP contribution in [-0.4, -0.2) is 96.3 Å². The van der Waals surface area contributed by atoms with Crippen molar-refractivity contribution in [2.24, 2.45) is 0 Å². The third-order valence-corrected chi connectivity index (χ3v) is 14.0. The number of nitrogens with two attached hydrogens (primary N) is 2. The second-order valence-corrected chi connectivity index (χ2v) is 17.6. The van der Waals surface area contributed by atoms with Crippen molar-refractivity contribution in [1.82, 2.24) is 44.1 Å². The largest absolute Gasteiger partial charge is 0.495 e. The number of anilines is 2. The first-order valence-corrected chi connectivity index (χ1v) is 21.7. The van der Waals surface area contributed by atoms with Gasteiger partial charge < -0.3 is 35.3 Å². The fourth-order valence-electron chi connectivity index (χ4n) is 8.65. The zero-order valence-corrected chi connectivity index (χ0v) is 36.4. The first kappa shape index (κ1) is 40.6. The summed E-state index contributed by atoms with van der Waals surface area (Å²) >= 11 is 3.28. The highest BCUT2D eigenvalue weighted by atomic mass is 32.1. The maximum Gasteiger partial charge on any atom is 0.246 e. The van der Waals surface area contributed by atoms with E-state index in [-0.39, 0.29) is 23.9 Å². The number of thiophene rings is 2. The number of fused-ring (bicyclic) bond motifs is 4. The smallest absolute Gasteiger partial charge is 0.246 e. The van der Waals surface area contributed by atoms with Crippen molar-refractivity contribution in [3.8, 4) is 32.5 Å². The van der Waals surface area contributed by atoms with E-state index < -0.39 is 0 Å². The molecule has 0 saturated carbocycles. The SMILES string of the molecule is C=CC(=O)N1CCC(n2cc(-c3cc4cc(C)cc(OC)c4s3)c3c(N)ncnc32)C1.C=CC(=O)N1CCC(n2nc(-c3cc4cc(C)cc(OC)c4s3)c3c(N)ncnc32)C1. The van der Waals surface area contributed by atoms with Gasteiger partial charge >= 0.3 is 0 Å². The van der Waals surface area contributed by atoms with Crippen LogP contribution >= 0.6 is 22.7 Å². The van der Waals surface area contributed by atoms with Gasteiger partial charge in [-0.3, -0.25) is 9.59 Å². The Bertz CT molecular complexity index is 2890. The van der Waals surface area contributed by atoms with Crippen LogP contribution in [0.15, 0.2) is 80.6 Å². The molecule has 15 nitrogen and oxygen atoms in total. The fourth-order valence-corrected chi connectivity index (χ4v) is 10.9. The van der Waals surface area contributed by atoms with E-state index >= 15 is 0 Å². The average Bonchev–Trinajstić information content (AvgIpc) is 4.13. The van der Waals surface area contributed by atoms with Crippen LogP contribution in [0.1, 0.15) is 36.1 Å². The van der Waals surface area contributed by atoms with E-state index in [4.69, 9.17) is 26.0 Å². The predicted molar refractivity (Wildman–Crippen MR) is 247 cm³/mol. The monoisotopic (exact) mass is 867 g/mol. The van der Waals surface area contributed by atoms with E-state index in [1.807, 2.05) is 28.6 Å². The van der Waals surface area contributed by atoms with Crippen LogP contribution < -0.4 is 20.9 Å². The van der Waals surface area contributed by atoms with Crippen LogP contribution in [0.3, 0.4) is 0 Å². The molecule has 62 heavy (non-hydrogen) atoms. The summed E-state index contributed by atoms with van der Waals surface area (Å²) in [5, 5.41) is 8.75. The number of nitrogen functional groups attached to an aromatic ring is 2. The number of carbonyl (C=O) groups is 2. The fraction of sp³-hybridized carbons (Fsp3) is 0.267. The molecule has 2 atom stereocenters. The lowest BCUT2D eigenvalue weighted by molar-refractivity contribution is -0.125. The Kier molecular flexibility index (Phi) is 10.6. The Morgan fingerprint density at radius 3 is 1.85 bits per heavy atom. The van der Waals surface area contributed by atoms with Crippen LogP contribution in [0, 0.1) is 13.8 Å². The number of hydrogen-bond donors (Lipinski definition) is 2. The molecule has 10 rings (SSSR count). The Hall–Kier alpha value is -6.85. The van der Waals surface area contributed by atoms with Crippen LogP contribution in [0.2, 0.25) is 0 Å². The summed E-state index contributed by atoms with van der Waals surface area (Å²) in [4.78, 5) is 47.3. The van der Waals surface area contributed by atoms with E-state index in [2.05, 4.69) is 75.0 Å². The molecule has 0 spiro atoms. The molecule has 2 aliphatic heterocycles. The summed E-state index contributed by atoms with van der Waals surface area (Å²) < 4.78 is 17.4. The highest BCUT2D eigenvalue weighted by Gasteiger charge is 2.31. The molecule has 8 aromatic rings. The molecular formula is C45H45N11O4S2. The van der Waals surface area contributed by atoms with E-state index in [0.717, 1.165) is 93.1 Å². The molecule has 316 valence electrons. The molecule has 0 aliphatic carbocycles. The molecule has 2 aliphatic rings. The molecule has 2 saturated heterocycles. The third kappa shape index (κ3) is 7.05. The Morgan fingerprint density at radius 2 is 1.26 bits per heavy atom. The van der Waals surface area contributed by atoms with E-state index in [0.29, 0.717) is 43.5 Å². The molecule has 4 N–H and O–H groups in total. The number of benzene rings is 2. The Morgan fingerprint density at radius 1 is 0.726 bits per heavy atom. The topological polar surface area (TPSA) is 185 Å². The Labute approximate surface area is 364 Å². The lowest BCUT2D eigenvalue weighted by Crippen LogP contribution is -2.27. The molecule has 0 radical (unpaired) electrons. The standard InChI is InChI=1S/C23H23N5O2S.C22H22N6O2S/c1-4-19(29)27-6-5-15(10-27)28-11-16(20-22(24)25-12-26-23(20)28)18-9-14-7-13(2)8-17(30-3)21(14)31-18;1-4-17(29)27-6-5-14(10-27)28-22-18(21(23)24-11-25-22)19(26-28)16-9-13-7-12(2)8-15(30-3)20(13)31-16/h4,7-9,11-12,15H,1,5-6,10H2,2-3H3,(H2,24,25,26);4,7-9,11,14H,1,5-6,10H2,2-3H3,(H2,23,24,25). The third-order valence-electron chi connectivity index (χ3n) is 11.6. The van der Waals surface area contributed by atoms with Gasteiger partial charge in [0.25, 0.3) is 0 Å². The molecular weight excluding hydrogens is 823 g/mol. The number of amides is 2. The molecule has 0 bridgehead atoms. The minimum atomic E-state index is -0.0692. The number of aromatic nitrogens is 7. The number of hydrogen-bond acceptors (Lipinski definition) is 13. The van der Waals surface area contributed by atoms with E-state index in [1.54, 1.807) is 41.8 Å². The minimum absolute atomic E-state index is 0.0145. The van der Waals surface area contributed by atoms with Gasteiger partial charge in [-0.25, -0.2) is 24.6 Å². The van der Waals surface area contributed by atoms with Crippen LogP contribution in [0.5, 0.6) is 11.5 Å². The minimum Gasteiger partial charge on any atom is -0.495 e. The lowest BCUT2D eigenvalue weighted by Gasteiger charge is -2.15. The lowest BCUT2D eigenvalue weighted by atomic mass is 10.1. The summed E-state index contributed by atoms with van der Waals surface area (Å²) in [7, 11) is 3.38. The second kappa shape index (κ2) is 16.2. The zero-order chi connectivity index (χ0) is 43.4. The number of rotatable bonds is 8. The summed E-state index contributed by atoms with van der Waals surface area (Å²) in [5.74, 6) is 2.45. The van der Waals surface area contributed by atoms with Gasteiger partial charge in [-0.05, 0) is 85.0 Å². The van der Waals surface area contributed by atoms with Crippen molar-refractivity contribution in [1.29, 1.82) is 0 Å². The Balaban J connectivity index is 0.000000158.